The molecule has 0 N–H and O–H groups in total. The molecule has 46 valence electrons. The fourth-order valence-corrected chi connectivity index (χ4v) is 1.13. The highest BCUT2D eigenvalue weighted by Crippen LogP contribution is 2.32. The van der Waals surface area contributed by atoms with Crippen LogP contribution >= 0.6 is 0 Å². The molecule has 1 aliphatic rings. The Morgan fingerprint density at radius 1 is 1.67 bits per heavy atom. The van der Waals surface area contributed by atoms with Gasteiger partial charge in [-0.05, 0) is 18.7 Å². The van der Waals surface area contributed by atoms with Gasteiger partial charge in [0, 0.05) is 0 Å². The minimum atomic E-state index is -0.0984. The lowest BCUT2D eigenvalue weighted by molar-refractivity contribution is 0.756. The third kappa shape index (κ3) is 1.74. The van der Waals surface area contributed by atoms with Crippen molar-refractivity contribution in [2.75, 3.05) is 0 Å². The molecule has 0 aromatic rings. The van der Waals surface area contributed by atoms with Gasteiger partial charge in [0.05, 0.1) is 7.85 Å². The Hall–Kier alpha value is -0.455. The molecule has 0 aromatic carbocycles. The molecule has 2 radical (unpaired) electrons. The van der Waals surface area contributed by atoms with Crippen LogP contribution in [-0.4, -0.2) is 7.85 Å². The summed E-state index contributed by atoms with van der Waals surface area (Å²) in [5.41, 5.74) is 1.27. The molecule has 1 atom stereocenters. The van der Waals surface area contributed by atoms with Gasteiger partial charge in [-0.15, -0.1) is 0 Å². The SMILES string of the molecule is [B]C1(C)C=C(C)C=CC1. The van der Waals surface area contributed by atoms with Crippen molar-refractivity contribution >= 4 is 7.85 Å². The van der Waals surface area contributed by atoms with E-state index >= 15 is 0 Å². The van der Waals surface area contributed by atoms with Crippen LogP contribution in [0.3, 0.4) is 0 Å². The molecule has 0 amide bonds. The van der Waals surface area contributed by atoms with Crippen molar-refractivity contribution in [1.82, 2.24) is 0 Å². The average molecular weight is 118 g/mol. The Bertz CT molecular complexity index is 163. The van der Waals surface area contributed by atoms with Crippen LogP contribution in [0.1, 0.15) is 20.3 Å². The highest BCUT2D eigenvalue weighted by Gasteiger charge is 2.13. The summed E-state index contributed by atoms with van der Waals surface area (Å²) < 4.78 is 0. The molecular formula is C8H11B. The molecule has 0 fully saturated rings. The summed E-state index contributed by atoms with van der Waals surface area (Å²) >= 11 is 0. The van der Waals surface area contributed by atoms with E-state index in [4.69, 9.17) is 7.85 Å². The lowest BCUT2D eigenvalue weighted by atomic mass is 9.66. The molecule has 9 heavy (non-hydrogen) atoms. The molecule has 0 saturated carbocycles. The largest absolute Gasteiger partial charge is 0.0842 e. The van der Waals surface area contributed by atoms with E-state index in [2.05, 4.69) is 25.2 Å². The van der Waals surface area contributed by atoms with Crippen LogP contribution in [0.4, 0.5) is 0 Å². The normalized spacial score (nSPS) is 34.2. The second-order valence-electron chi connectivity index (χ2n) is 3.00. The van der Waals surface area contributed by atoms with Crippen LogP contribution < -0.4 is 0 Å². The van der Waals surface area contributed by atoms with E-state index < -0.39 is 0 Å². The second-order valence-corrected chi connectivity index (χ2v) is 3.00. The van der Waals surface area contributed by atoms with Gasteiger partial charge >= 0.3 is 0 Å². The van der Waals surface area contributed by atoms with Crippen LogP contribution in [0.5, 0.6) is 0 Å². The predicted molar refractivity (Wildman–Crippen MR) is 41.6 cm³/mol. The predicted octanol–water partition coefficient (Wildman–Crippen LogP) is 2.24. The molecule has 1 unspecified atom stereocenters. The van der Waals surface area contributed by atoms with E-state index in [1.807, 2.05) is 6.92 Å². The second kappa shape index (κ2) is 2.05. The topological polar surface area (TPSA) is 0 Å². The third-order valence-electron chi connectivity index (χ3n) is 1.50. The first-order chi connectivity index (χ1) is 4.10. The molecule has 0 aliphatic heterocycles. The quantitative estimate of drug-likeness (QED) is 0.428. The van der Waals surface area contributed by atoms with Gasteiger partial charge < -0.3 is 0 Å². The molecule has 0 spiro atoms. The van der Waals surface area contributed by atoms with Crippen LogP contribution in [-0.2, 0) is 0 Å². The van der Waals surface area contributed by atoms with E-state index in [1.54, 1.807) is 0 Å². The van der Waals surface area contributed by atoms with Crippen molar-refractivity contribution in [3.05, 3.63) is 23.8 Å². The van der Waals surface area contributed by atoms with Crippen LogP contribution in [0, 0.1) is 0 Å². The van der Waals surface area contributed by atoms with E-state index in [1.165, 1.54) is 5.57 Å². The molecule has 0 nitrogen and oxygen atoms in total. The molecular weight excluding hydrogens is 107 g/mol. The Morgan fingerprint density at radius 3 is 2.67 bits per heavy atom. The summed E-state index contributed by atoms with van der Waals surface area (Å²) in [4.78, 5) is 0. The zero-order chi connectivity index (χ0) is 6.91. The summed E-state index contributed by atoms with van der Waals surface area (Å²) in [6.07, 6.45) is 7.29. The molecule has 0 heterocycles. The summed E-state index contributed by atoms with van der Waals surface area (Å²) in [5.74, 6) is 0. The fourth-order valence-electron chi connectivity index (χ4n) is 1.13. The van der Waals surface area contributed by atoms with Gasteiger partial charge in [-0.2, -0.15) is 0 Å². The Balaban J connectivity index is 2.78. The minimum Gasteiger partial charge on any atom is -0.0842 e. The maximum Gasteiger partial charge on any atom is 0.0802 e. The van der Waals surface area contributed by atoms with Crippen molar-refractivity contribution < 1.29 is 0 Å². The average Bonchev–Trinajstić information content (AvgIpc) is 1.60. The first-order valence-corrected chi connectivity index (χ1v) is 3.25. The molecule has 0 aromatic heterocycles. The van der Waals surface area contributed by atoms with Gasteiger partial charge in [0.15, 0.2) is 0 Å². The van der Waals surface area contributed by atoms with Crippen molar-refractivity contribution in [1.29, 1.82) is 0 Å². The Morgan fingerprint density at radius 2 is 2.33 bits per heavy atom. The fraction of sp³-hybridized carbons (Fsp3) is 0.500. The lowest BCUT2D eigenvalue weighted by Crippen LogP contribution is -2.05. The van der Waals surface area contributed by atoms with E-state index in [0.717, 1.165) is 6.42 Å². The first kappa shape index (κ1) is 6.66. The number of hydrogen-bond acceptors (Lipinski definition) is 0. The van der Waals surface area contributed by atoms with Crippen molar-refractivity contribution in [3.63, 3.8) is 0 Å². The number of hydrogen-bond donors (Lipinski definition) is 0. The smallest absolute Gasteiger partial charge is 0.0802 e. The Labute approximate surface area is 58.1 Å². The van der Waals surface area contributed by atoms with E-state index in [0.29, 0.717) is 0 Å². The molecule has 0 saturated heterocycles. The lowest BCUT2D eigenvalue weighted by Gasteiger charge is -2.22. The molecule has 1 aliphatic carbocycles. The van der Waals surface area contributed by atoms with Gasteiger partial charge in [-0.1, -0.05) is 30.7 Å². The third-order valence-corrected chi connectivity index (χ3v) is 1.50. The van der Waals surface area contributed by atoms with Crippen molar-refractivity contribution in [2.24, 2.45) is 0 Å². The summed E-state index contributed by atoms with van der Waals surface area (Å²) in [5, 5.41) is -0.0984. The zero-order valence-electron chi connectivity index (χ0n) is 6.02. The first-order valence-electron chi connectivity index (χ1n) is 3.25. The minimum absolute atomic E-state index is 0.0984. The zero-order valence-corrected chi connectivity index (χ0v) is 6.02. The van der Waals surface area contributed by atoms with Crippen LogP contribution in [0.2, 0.25) is 5.31 Å². The standard InChI is InChI=1S/C8H11B/c1-7-4-3-5-8(2,9)6-7/h3-4,6H,5H2,1-2H3. The number of allylic oxidation sites excluding steroid dienone is 4. The molecule has 1 rings (SSSR count). The van der Waals surface area contributed by atoms with E-state index in [9.17, 15) is 0 Å². The summed E-state index contributed by atoms with van der Waals surface area (Å²) in [6.45, 7) is 4.11. The van der Waals surface area contributed by atoms with Gasteiger partial charge in [0.2, 0.25) is 0 Å². The van der Waals surface area contributed by atoms with Crippen LogP contribution in [0.25, 0.3) is 0 Å². The van der Waals surface area contributed by atoms with Crippen molar-refractivity contribution in [2.45, 2.75) is 25.6 Å². The Kier molecular flexibility index (Phi) is 1.52. The highest BCUT2D eigenvalue weighted by atomic mass is 14.1. The summed E-state index contributed by atoms with van der Waals surface area (Å²) in [6, 6.07) is 0. The van der Waals surface area contributed by atoms with Gasteiger partial charge in [0.1, 0.15) is 0 Å². The van der Waals surface area contributed by atoms with Gasteiger partial charge in [-0.25, -0.2) is 0 Å². The molecule has 1 heteroatoms. The maximum atomic E-state index is 5.84. The van der Waals surface area contributed by atoms with Crippen LogP contribution in [0.15, 0.2) is 23.8 Å². The van der Waals surface area contributed by atoms with E-state index in [-0.39, 0.29) is 5.31 Å². The monoisotopic (exact) mass is 118 g/mol. The van der Waals surface area contributed by atoms with Gasteiger partial charge in [0.25, 0.3) is 0 Å². The number of rotatable bonds is 0. The summed E-state index contributed by atoms with van der Waals surface area (Å²) in [7, 11) is 5.84. The maximum absolute atomic E-state index is 5.84. The van der Waals surface area contributed by atoms with Crippen molar-refractivity contribution in [3.8, 4) is 0 Å². The highest BCUT2D eigenvalue weighted by molar-refractivity contribution is 6.16. The van der Waals surface area contributed by atoms with Gasteiger partial charge in [-0.3, -0.25) is 0 Å². The molecule has 0 bridgehead atoms.